The molecule has 13 nitrogen and oxygen atoms in total. The lowest BCUT2D eigenvalue weighted by atomic mass is 9.96. The largest absolute Gasteiger partial charge is 0.481 e. The highest BCUT2D eigenvalue weighted by atomic mass is 19.4. The topological polar surface area (TPSA) is 212 Å². The molecule has 0 radical (unpaired) electrons. The van der Waals surface area contributed by atoms with Gasteiger partial charge in [-0.2, -0.15) is 18.2 Å². The summed E-state index contributed by atoms with van der Waals surface area (Å²) in [7, 11) is 1.87. The molecule has 0 bridgehead atoms. The fraction of sp³-hybridized carbons (Fsp3) is 0.409. The van der Waals surface area contributed by atoms with E-state index in [1.54, 1.807) is 0 Å². The molecule has 0 amide bonds. The Kier molecular flexibility index (Phi) is 7.97. The first-order valence-electron chi connectivity index (χ1n) is 11.0. The van der Waals surface area contributed by atoms with E-state index in [0.717, 1.165) is 12.5 Å². The van der Waals surface area contributed by atoms with Crippen molar-refractivity contribution in [3.05, 3.63) is 23.8 Å². The van der Waals surface area contributed by atoms with Gasteiger partial charge in [-0.1, -0.05) is 6.07 Å². The minimum atomic E-state index is -4.51. The zero-order valence-corrected chi connectivity index (χ0v) is 19.8. The number of aliphatic carboxylic acids is 3. The van der Waals surface area contributed by atoms with Crippen LogP contribution in [0.2, 0.25) is 0 Å². The first-order chi connectivity index (χ1) is 17.7. The van der Waals surface area contributed by atoms with Gasteiger partial charge in [0.05, 0.1) is 23.8 Å². The van der Waals surface area contributed by atoms with E-state index in [9.17, 15) is 27.6 Å². The van der Waals surface area contributed by atoms with Crippen molar-refractivity contribution in [1.82, 2.24) is 15.3 Å². The summed E-state index contributed by atoms with van der Waals surface area (Å²) < 4.78 is 45.9. The standard InChI is InChI=1S/C16H16F3N5O.C6H8O7/c1-21-8-5-6-24(7-8)14-13-12(22-15(20)23-14)11-9(16(17,18)19)3-2-4-10(11)25-13;7-3(8)1-6(13,5(11)12)2-4(9)10/h2-4,8,21H,5-7H2,1H3,(H2,20,22,23);13H,1-2H2,(H,7,8)(H,9,10)(H,11,12)/t8-;/m1./s1. The average molecular weight is 543 g/mol. The van der Waals surface area contributed by atoms with Gasteiger partial charge in [-0.25, -0.2) is 9.78 Å². The Labute approximate surface area is 211 Å². The van der Waals surface area contributed by atoms with Gasteiger partial charge in [0.25, 0.3) is 0 Å². The van der Waals surface area contributed by atoms with Crippen molar-refractivity contribution < 1.29 is 52.4 Å². The van der Waals surface area contributed by atoms with Crippen molar-refractivity contribution >= 4 is 51.7 Å². The molecule has 206 valence electrons. The molecule has 1 aromatic carbocycles. The number of nitrogens with two attached hydrogens (primary N) is 1. The maximum Gasteiger partial charge on any atom is 0.417 e. The fourth-order valence-corrected chi connectivity index (χ4v) is 4.04. The van der Waals surface area contributed by atoms with Gasteiger partial charge in [0.2, 0.25) is 5.95 Å². The van der Waals surface area contributed by atoms with E-state index in [1.807, 2.05) is 11.9 Å². The van der Waals surface area contributed by atoms with Gasteiger partial charge >= 0.3 is 24.1 Å². The first kappa shape index (κ1) is 28.4. The molecular weight excluding hydrogens is 519 g/mol. The molecular formula is C22H24F3N5O8. The van der Waals surface area contributed by atoms with Crippen LogP contribution in [-0.2, 0) is 20.6 Å². The second kappa shape index (κ2) is 10.7. The smallest absolute Gasteiger partial charge is 0.417 e. The van der Waals surface area contributed by atoms with Crippen LogP contribution in [-0.4, -0.2) is 80.1 Å². The fourth-order valence-electron chi connectivity index (χ4n) is 4.04. The predicted molar refractivity (Wildman–Crippen MR) is 125 cm³/mol. The number of hydrogen-bond acceptors (Lipinski definition) is 10. The third-order valence-electron chi connectivity index (χ3n) is 5.83. The number of aromatic nitrogens is 2. The van der Waals surface area contributed by atoms with Crippen LogP contribution in [0.5, 0.6) is 0 Å². The Morgan fingerprint density at radius 1 is 1.16 bits per heavy atom. The van der Waals surface area contributed by atoms with Crippen LogP contribution < -0.4 is 16.0 Å². The summed E-state index contributed by atoms with van der Waals surface area (Å²) in [6, 6.07) is 4.10. The highest BCUT2D eigenvalue weighted by molar-refractivity contribution is 6.08. The number of furan rings is 1. The zero-order valence-electron chi connectivity index (χ0n) is 19.8. The summed E-state index contributed by atoms with van der Waals surface area (Å²) in [5, 5.41) is 36.9. The summed E-state index contributed by atoms with van der Waals surface area (Å²) in [6.07, 6.45) is -5.90. The average Bonchev–Trinajstić information content (AvgIpc) is 3.42. The lowest BCUT2D eigenvalue weighted by Crippen LogP contribution is -2.42. The first-order valence-corrected chi connectivity index (χ1v) is 11.0. The number of fused-ring (bicyclic) bond motifs is 3. The Hall–Kier alpha value is -4.18. The molecule has 2 aromatic heterocycles. The van der Waals surface area contributed by atoms with Crippen LogP contribution in [0.4, 0.5) is 24.9 Å². The summed E-state index contributed by atoms with van der Waals surface area (Å²) in [5.41, 5.74) is 2.70. The molecule has 0 aliphatic carbocycles. The molecule has 1 atom stereocenters. The number of carbonyl (C=O) groups is 3. The van der Waals surface area contributed by atoms with E-state index in [4.69, 9.17) is 30.6 Å². The van der Waals surface area contributed by atoms with E-state index in [1.165, 1.54) is 12.1 Å². The van der Waals surface area contributed by atoms with Gasteiger partial charge in [-0.15, -0.1) is 0 Å². The summed E-state index contributed by atoms with van der Waals surface area (Å²) in [5.74, 6) is -4.66. The third-order valence-corrected chi connectivity index (χ3v) is 5.83. The van der Waals surface area contributed by atoms with Crippen molar-refractivity contribution in [3.63, 3.8) is 0 Å². The molecule has 0 spiro atoms. The second-order valence-corrected chi connectivity index (χ2v) is 8.56. The van der Waals surface area contributed by atoms with Crippen LogP contribution in [0.25, 0.3) is 22.1 Å². The summed E-state index contributed by atoms with van der Waals surface area (Å²) >= 11 is 0. The molecule has 4 rings (SSSR count). The molecule has 38 heavy (non-hydrogen) atoms. The molecule has 0 saturated carbocycles. The molecule has 0 unspecified atom stereocenters. The van der Waals surface area contributed by atoms with Gasteiger partial charge in [0, 0.05) is 19.1 Å². The number of alkyl halides is 3. The minimum Gasteiger partial charge on any atom is -0.481 e. The lowest BCUT2D eigenvalue weighted by molar-refractivity contribution is -0.170. The molecule has 1 aliphatic heterocycles. The van der Waals surface area contributed by atoms with Crippen molar-refractivity contribution in [2.24, 2.45) is 0 Å². The molecule has 3 heterocycles. The van der Waals surface area contributed by atoms with Crippen molar-refractivity contribution in [3.8, 4) is 0 Å². The van der Waals surface area contributed by atoms with Crippen LogP contribution >= 0.6 is 0 Å². The SMILES string of the molecule is CN[C@@H]1CCN(c2nc(N)nc3c2oc2cccc(C(F)(F)F)c23)C1.O=C(O)CC(O)(CC(=O)O)C(=O)O. The Morgan fingerprint density at radius 2 is 1.79 bits per heavy atom. The number of likely N-dealkylation sites (N-methyl/N-ethyl adjacent to an activating group) is 1. The molecule has 16 heteroatoms. The summed E-state index contributed by atoms with van der Waals surface area (Å²) in [6.45, 7) is 1.38. The van der Waals surface area contributed by atoms with Crippen molar-refractivity contribution in [2.45, 2.75) is 37.1 Å². The van der Waals surface area contributed by atoms with E-state index in [2.05, 4.69) is 15.3 Å². The molecule has 7 N–H and O–H groups in total. The number of nitrogen functional groups attached to an aromatic ring is 1. The number of nitrogens with one attached hydrogen (secondary N) is 1. The highest BCUT2D eigenvalue weighted by Gasteiger charge is 2.41. The number of anilines is 2. The number of hydrogen-bond donors (Lipinski definition) is 6. The highest BCUT2D eigenvalue weighted by Crippen LogP contribution is 2.41. The Bertz CT molecular complexity index is 1360. The van der Waals surface area contributed by atoms with Crippen LogP contribution in [0.3, 0.4) is 0 Å². The monoisotopic (exact) mass is 543 g/mol. The third kappa shape index (κ3) is 6.03. The number of nitrogens with zero attached hydrogens (tertiary/aromatic N) is 3. The quantitative estimate of drug-likeness (QED) is 0.250. The van der Waals surface area contributed by atoms with Gasteiger partial charge in [-0.05, 0) is 25.6 Å². The molecule has 1 fully saturated rings. The summed E-state index contributed by atoms with van der Waals surface area (Å²) in [4.78, 5) is 40.7. The number of aliphatic hydroxyl groups is 1. The maximum absolute atomic E-state index is 13.4. The number of carboxylic acid groups (broad SMARTS) is 3. The minimum absolute atomic E-state index is 0.0740. The molecule has 1 saturated heterocycles. The van der Waals surface area contributed by atoms with Crippen LogP contribution in [0, 0.1) is 0 Å². The van der Waals surface area contributed by atoms with Crippen molar-refractivity contribution in [1.29, 1.82) is 0 Å². The van der Waals surface area contributed by atoms with Crippen molar-refractivity contribution in [2.75, 3.05) is 30.8 Å². The number of carboxylic acids is 3. The predicted octanol–water partition coefficient (Wildman–Crippen LogP) is 1.53. The Morgan fingerprint density at radius 3 is 2.29 bits per heavy atom. The second-order valence-electron chi connectivity index (χ2n) is 8.56. The van der Waals surface area contributed by atoms with Crippen LogP contribution in [0.15, 0.2) is 22.6 Å². The lowest BCUT2D eigenvalue weighted by Gasteiger charge is -2.18. The maximum atomic E-state index is 13.4. The van der Waals surface area contributed by atoms with Crippen LogP contribution in [0.1, 0.15) is 24.8 Å². The zero-order chi connectivity index (χ0) is 28.4. The van der Waals surface area contributed by atoms with E-state index in [-0.39, 0.29) is 34.1 Å². The Balaban J connectivity index is 0.000000263. The van der Waals surface area contributed by atoms with Gasteiger partial charge < -0.3 is 40.8 Å². The van der Waals surface area contributed by atoms with Gasteiger partial charge in [-0.3, -0.25) is 9.59 Å². The van der Waals surface area contributed by atoms with Gasteiger partial charge in [0.1, 0.15) is 11.1 Å². The van der Waals surface area contributed by atoms with Gasteiger partial charge in [0.15, 0.2) is 17.0 Å². The molecule has 3 aromatic rings. The normalized spacial score (nSPS) is 15.9. The molecule has 1 aliphatic rings. The number of benzene rings is 1. The number of halogens is 3. The van der Waals surface area contributed by atoms with E-state index in [0.29, 0.717) is 18.9 Å². The number of rotatable bonds is 7. The van der Waals surface area contributed by atoms with E-state index < -0.39 is 48.1 Å². The van der Waals surface area contributed by atoms with E-state index >= 15 is 0 Å².